The van der Waals surface area contributed by atoms with Gasteiger partial charge in [0, 0.05) is 13.1 Å². The number of piperidine rings is 1. The molecule has 1 amide bonds. The fraction of sp³-hybridized carbons (Fsp3) is 0.615. The lowest BCUT2D eigenvalue weighted by molar-refractivity contribution is 0.0926. The van der Waals surface area contributed by atoms with Crippen molar-refractivity contribution in [3.8, 4) is 5.75 Å². The number of rotatable bonds is 4. The fourth-order valence-corrected chi connectivity index (χ4v) is 3.04. The van der Waals surface area contributed by atoms with Crippen molar-refractivity contribution in [2.75, 3.05) is 26.7 Å². The Hall–Kier alpha value is -1.07. The molecule has 4 nitrogen and oxygen atoms in total. The third kappa shape index (κ3) is 3.03. The van der Waals surface area contributed by atoms with Gasteiger partial charge in [-0.3, -0.25) is 4.79 Å². The molecule has 1 atom stereocenters. The Labute approximate surface area is 112 Å². The zero-order valence-electron chi connectivity index (χ0n) is 10.9. The number of thiophene rings is 1. The van der Waals surface area contributed by atoms with Crippen LogP contribution in [0, 0.1) is 5.41 Å². The molecule has 18 heavy (non-hydrogen) atoms. The fourth-order valence-electron chi connectivity index (χ4n) is 2.27. The highest BCUT2D eigenvalue weighted by molar-refractivity contribution is 7.12. The molecule has 100 valence electrons. The molecule has 0 aliphatic carbocycles. The van der Waals surface area contributed by atoms with Crippen molar-refractivity contribution in [1.29, 1.82) is 0 Å². The molecule has 1 aromatic rings. The van der Waals surface area contributed by atoms with Crippen molar-refractivity contribution >= 4 is 17.2 Å². The van der Waals surface area contributed by atoms with Gasteiger partial charge in [0.2, 0.25) is 0 Å². The summed E-state index contributed by atoms with van der Waals surface area (Å²) in [6, 6.07) is 1.82. The molecule has 1 saturated heterocycles. The van der Waals surface area contributed by atoms with Gasteiger partial charge in [-0.25, -0.2) is 0 Å². The summed E-state index contributed by atoms with van der Waals surface area (Å²) >= 11 is 1.42. The molecule has 2 heterocycles. The van der Waals surface area contributed by atoms with Crippen LogP contribution in [0.3, 0.4) is 0 Å². The molecule has 0 radical (unpaired) electrons. The van der Waals surface area contributed by atoms with Crippen LogP contribution in [0.15, 0.2) is 11.4 Å². The van der Waals surface area contributed by atoms with Crippen molar-refractivity contribution in [1.82, 2.24) is 10.6 Å². The first kappa shape index (κ1) is 13.4. The summed E-state index contributed by atoms with van der Waals surface area (Å²) < 4.78 is 5.16. The highest BCUT2D eigenvalue weighted by atomic mass is 32.1. The standard InChI is InChI=1S/C13H20N2O2S/c1-13(5-3-6-14-8-13)9-15-12(16)11-10(17-2)4-7-18-11/h4,7,14H,3,5-6,8-9H2,1-2H3,(H,15,16). The van der Waals surface area contributed by atoms with Gasteiger partial charge in [0.15, 0.2) is 0 Å². The van der Waals surface area contributed by atoms with Gasteiger partial charge in [-0.1, -0.05) is 6.92 Å². The topological polar surface area (TPSA) is 50.4 Å². The molecule has 1 fully saturated rings. The second-order valence-corrected chi connectivity index (χ2v) is 6.01. The van der Waals surface area contributed by atoms with E-state index in [9.17, 15) is 4.79 Å². The number of hydrogen-bond donors (Lipinski definition) is 2. The number of ether oxygens (including phenoxy) is 1. The van der Waals surface area contributed by atoms with Crippen LogP contribution in [0.2, 0.25) is 0 Å². The zero-order valence-corrected chi connectivity index (χ0v) is 11.7. The van der Waals surface area contributed by atoms with E-state index in [-0.39, 0.29) is 11.3 Å². The zero-order chi connectivity index (χ0) is 13.0. The normalized spacial score (nSPS) is 23.7. The Morgan fingerprint density at radius 1 is 1.67 bits per heavy atom. The van der Waals surface area contributed by atoms with Gasteiger partial charge in [0.1, 0.15) is 10.6 Å². The van der Waals surface area contributed by atoms with Gasteiger partial charge in [0.25, 0.3) is 5.91 Å². The highest BCUT2D eigenvalue weighted by Gasteiger charge is 2.27. The average Bonchev–Trinajstić information content (AvgIpc) is 2.85. The van der Waals surface area contributed by atoms with Gasteiger partial charge in [-0.05, 0) is 36.2 Å². The van der Waals surface area contributed by atoms with Gasteiger partial charge in [-0.15, -0.1) is 11.3 Å². The van der Waals surface area contributed by atoms with E-state index in [0.717, 1.165) is 19.5 Å². The SMILES string of the molecule is COc1ccsc1C(=O)NCC1(C)CCCNC1. The molecule has 1 aliphatic rings. The summed E-state index contributed by atoms with van der Waals surface area (Å²) in [4.78, 5) is 12.7. The third-order valence-electron chi connectivity index (χ3n) is 3.42. The highest BCUT2D eigenvalue weighted by Crippen LogP contribution is 2.26. The Bertz CT molecular complexity index is 411. The number of carbonyl (C=O) groups is 1. The Morgan fingerprint density at radius 2 is 2.50 bits per heavy atom. The van der Waals surface area contributed by atoms with Crippen LogP contribution in [0.4, 0.5) is 0 Å². The maximum Gasteiger partial charge on any atom is 0.265 e. The number of carbonyl (C=O) groups excluding carboxylic acids is 1. The Balaban J connectivity index is 1.92. The Kier molecular flexibility index (Phi) is 4.24. The minimum Gasteiger partial charge on any atom is -0.495 e. The van der Waals surface area contributed by atoms with Crippen LogP contribution in [0.5, 0.6) is 5.75 Å². The van der Waals surface area contributed by atoms with Gasteiger partial charge < -0.3 is 15.4 Å². The maximum atomic E-state index is 12.1. The van der Waals surface area contributed by atoms with E-state index in [1.807, 2.05) is 11.4 Å². The van der Waals surface area contributed by atoms with Crippen molar-refractivity contribution in [2.24, 2.45) is 5.41 Å². The monoisotopic (exact) mass is 268 g/mol. The summed E-state index contributed by atoms with van der Waals surface area (Å²) in [6.07, 6.45) is 2.33. The molecule has 1 aromatic heterocycles. The van der Waals surface area contributed by atoms with Crippen LogP contribution in [-0.4, -0.2) is 32.7 Å². The van der Waals surface area contributed by atoms with Gasteiger partial charge in [0.05, 0.1) is 7.11 Å². The molecule has 2 N–H and O–H groups in total. The predicted molar refractivity (Wildman–Crippen MR) is 73.4 cm³/mol. The predicted octanol–water partition coefficient (Wildman–Crippen LogP) is 1.88. The van der Waals surface area contributed by atoms with E-state index < -0.39 is 0 Å². The second-order valence-electron chi connectivity index (χ2n) is 5.09. The molecule has 5 heteroatoms. The van der Waals surface area contributed by atoms with E-state index in [4.69, 9.17) is 4.74 Å². The minimum absolute atomic E-state index is 0.0337. The lowest BCUT2D eigenvalue weighted by Gasteiger charge is -2.34. The average molecular weight is 268 g/mol. The molecule has 0 spiro atoms. The number of nitrogens with one attached hydrogen (secondary N) is 2. The smallest absolute Gasteiger partial charge is 0.265 e. The van der Waals surface area contributed by atoms with Gasteiger partial charge >= 0.3 is 0 Å². The summed E-state index contributed by atoms with van der Waals surface area (Å²) in [6.45, 7) is 4.97. The van der Waals surface area contributed by atoms with E-state index in [1.54, 1.807) is 7.11 Å². The summed E-state index contributed by atoms with van der Waals surface area (Å²) in [5.74, 6) is 0.623. The molecular formula is C13H20N2O2S. The van der Waals surface area contributed by atoms with Crippen LogP contribution in [0.25, 0.3) is 0 Å². The van der Waals surface area contributed by atoms with Crippen molar-refractivity contribution in [2.45, 2.75) is 19.8 Å². The van der Waals surface area contributed by atoms with Crippen LogP contribution >= 0.6 is 11.3 Å². The van der Waals surface area contributed by atoms with E-state index in [0.29, 0.717) is 17.2 Å². The number of methoxy groups -OCH3 is 1. The van der Waals surface area contributed by atoms with Crippen molar-refractivity contribution < 1.29 is 9.53 Å². The summed E-state index contributed by atoms with van der Waals surface area (Å²) in [7, 11) is 1.59. The lowest BCUT2D eigenvalue weighted by Crippen LogP contribution is -2.45. The first-order valence-corrected chi connectivity index (χ1v) is 7.13. The number of hydrogen-bond acceptors (Lipinski definition) is 4. The molecule has 0 saturated carbocycles. The Morgan fingerprint density at radius 3 is 3.17 bits per heavy atom. The lowest BCUT2D eigenvalue weighted by atomic mass is 9.83. The summed E-state index contributed by atoms with van der Waals surface area (Å²) in [5.41, 5.74) is 0.165. The van der Waals surface area contributed by atoms with Crippen LogP contribution in [0.1, 0.15) is 29.4 Å². The van der Waals surface area contributed by atoms with Crippen molar-refractivity contribution in [3.05, 3.63) is 16.3 Å². The number of amides is 1. The van der Waals surface area contributed by atoms with Crippen LogP contribution < -0.4 is 15.4 Å². The van der Waals surface area contributed by atoms with Gasteiger partial charge in [-0.2, -0.15) is 0 Å². The second kappa shape index (κ2) is 5.71. The molecule has 1 aliphatic heterocycles. The van der Waals surface area contributed by atoms with Crippen LogP contribution in [-0.2, 0) is 0 Å². The summed E-state index contributed by atoms with van der Waals surface area (Å²) in [5, 5.41) is 8.28. The quantitative estimate of drug-likeness (QED) is 0.876. The first-order valence-electron chi connectivity index (χ1n) is 6.25. The first-order chi connectivity index (χ1) is 8.64. The largest absolute Gasteiger partial charge is 0.495 e. The minimum atomic E-state index is -0.0337. The van der Waals surface area contributed by atoms with E-state index in [1.165, 1.54) is 17.8 Å². The maximum absolute atomic E-state index is 12.1. The third-order valence-corrected chi connectivity index (χ3v) is 4.31. The van der Waals surface area contributed by atoms with E-state index in [2.05, 4.69) is 17.6 Å². The van der Waals surface area contributed by atoms with Crippen molar-refractivity contribution in [3.63, 3.8) is 0 Å². The van der Waals surface area contributed by atoms with E-state index >= 15 is 0 Å². The molecule has 0 aromatic carbocycles. The molecular weight excluding hydrogens is 248 g/mol. The molecule has 1 unspecified atom stereocenters. The molecule has 0 bridgehead atoms. The molecule has 2 rings (SSSR count).